The topological polar surface area (TPSA) is 118 Å². The van der Waals surface area contributed by atoms with Gasteiger partial charge in [-0.05, 0) is 44.4 Å². The molecule has 3 aromatic rings. The maximum Gasteiger partial charge on any atom is 0.389 e. The monoisotopic (exact) mass is 557 g/mol. The molecule has 0 amide bonds. The predicted octanol–water partition coefficient (Wildman–Crippen LogP) is 5.39. The number of nitrogens with one attached hydrogen (secondary N) is 2. The van der Waals surface area contributed by atoms with Crippen LogP contribution in [0.1, 0.15) is 70.3 Å². The molecule has 0 atom stereocenters. The molecule has 0 fully saturated rings. The number of aryl methyl sites for hydroxylation is 2. The number of rotatable bonds is 14. The number of alkyl halides is 3. The maximum atomic E-state index is 13.0. The average molecular weight is 558 g/mol. The van der Waals surface area contributed by atoms with Crippen LogP contribution >= 0.6 is 0 Å². The van der Waals surface area contributed by atoms with Gasteiger partial charge in [-0.1, -0.05) is 33.1 Å². The van der Waals surface area contributed by atoms with Gasteiger partial charge in [0.05, 0.1) is 23.6 Å². The molecule has 0 bridgehead atoms. The minimum Gasteiger partial charge on any atom is -0.493 e. The number of aromatic nitrogens is 4. The summed E-state index contributed by atoms with van der Waals surface area (Å²) in [5.74, 6) is 0.486. The number of H-pyrrole nitrogens is 1. The largest absolute Gasteiger partial charge is 0.493 e. The molecule has 210 valence electrons. The van der Waals surface area contributed by atoms with Crippen molar-refractivity contribution in [3.05, 3.63) is 40.1 Å². The number of fused-ring (bicyclic) bond motifs is 1. The van der Waals surface area contributed by atoms with Crippen molar-refractivity contribution in [3.8, 4) is 17.1 Å². The Kier molecular flexibility index (Phi) is 9.80. The van der Waals surface area contributed by atoms with Gasteiger partial charge in [0.25, 0.3) is 5.56 Å². The lowest BCUT2D eigenvalue weighted by Crippen LogP contribution is -2.19. The lowest BCUT2D eigenvalue weighted by atomic mass is 10.1. The lowest BCUT2D eigenvalue weighted by molar-refractivity contribution is -0.134. The summed E-state index contributed by atoms with van der Waals surface area (Å²) in [5, 5.41) is 4.63. The first-order chi connectivity index (χ1) is 17.9. The van der Waals surface area contributed by atoms with E-state index in [1.807, 2.05) is 6.92 Å². The Bertz CT molecular complexity index is 1400. The second-order valence-electron chi connectivity index (χ2n) is 9.19. The van der Waals surface area contributed by atoms with Crippen molar-refractivity contribution in [1.29, 1.82) is 0 Å². The second-order valence-corrected chi connectivity index (χ2v) is 11.0. The SMILES string of the molecule is CCCCCCc1nc(C)c2c(=O)[nH]c(-c3cc(NS(=O)(=O)CCCC(F)(F)F)ccc3OCCC)nn12. The zero-order chi connectivity index (χ0) is 27.9. The number of nitrogens with zero attached hydrogens (tertiary/aromatic N) is 3. The van der Waals surface area contributed by atoms with E-state index in [4.69, 9.17) is 4.74 Å². The van der Waals surface area contributed by atoms with Gasteiger partial charge in [-0.2, -0.15) is 13.2 Å². The zero-order valence-electron chi connectivity index (χ0n) is 21.8. The number of aromatic amines is 1. The normalized spacial score (nSPS) is 12.3. The standard InChI is InChI=1S/C25H34F3N5O4S/c1-4-6-7-8-10-21-29-17(3)22-24(34)30-23(31-33(21)22)19-16-18(11-12-20(19)37-14-5-2)32-38(35,36)15-9-13-25(26,27)28/h11-12,16,32H,4-10,13-15H2,1-3H3,(H,30,31,34). The van der Waals surface area contributed by atoms with Crippen LogP contribution < -0.4 is 15.0 Å². The molecule has 0 aliphatic carbocycles. The van der Waals surface area contributed by atoms with Gasteiger partial charge < -0.3 is 9.72 Å². The summed E-state index contributed by atoms with van der Waals surface area (Å²) < 4.78 is 71.8. The zero-order valence-corrected chi connectivity index (χ0v) is 22.6. The van der Waals surface area contributed by atoms with E-state index in [2.05, 4.69) is 26.7 Å². The van der Waals surface area contributed by atoms with Gasteiger partial charge in [-0.15, -0.1) is 5.10 Å². The van der Waals surface area contributed by atoms with Gasteiger partial charge in [0, 0.05) is 18.5 Å². The van der Waals surface area contributed by atoms with Crippen LogP contribution in [0.4, 0.5) is 18.9 Å². The highest BCUT2D eigenvalue weighted by Gasteiger charge is 2.27. The number of hydrogen-bond acceptors (Lipinski definition) is 6. The summed E-state index contributed by atoms with van der Waals surface area (Å²) in [6.07, 6.45) is -0.731. The Hall–Kier alpha value is -3.09. The van der Waals surface area contributed by atoms with Crippen LogP contribution in [0.25, 0.3) is 16.9 Å². The minimum absolute atomic E-state index is 0.111. The number of imidazole rings is 1. The molecule has 0 radical (unpaired) electrons. The van der Waals surface area contributed by atoms with Crippen LogP contribution in [0.2, 0.25) is 0 Å². The number of sulfonamides is 1. The number of hydrogen-bond donors (Lipinski definition) is 2. The third-order valence-corrected chi connectivity index (χ3v) is 7.21. The molecule has 9 nitrogen and oxygen atoms in total. The molecule has 2 heterocycles. The van der Waals surface area contributed by atoms with E-state index in [0.717, 1.165) is 25.7 Å². The third kappa shape index (κ3) is 7.95. The Labute approximate surface area is 219 Å². The van der Waals surface area contributed by atoms with Gasteiger partial charge in [0.1, 0.15) is 11.6 Å². The third-order valence-electron chi connectivity index (χ3n) is 5.84. The van der Waals surface area contributed by atoms with Crippen molar-refractivity contribution in [2.75, 3.05) is 17.1 Å². The van der Waals surface area contributed by atoms with Crippen LogP contribution in [0.15, 0.2) is 23.0 Å². The van der Waals surface area contributed by atoms with E-state index in [1.165, 1.54) is 22.7 Å². The molecular formula is C25H34F3N5O4S. The van der Waals surface area contributed by atoms with E-state index in [0.29, 0.717) is 47.8 Å². The molecule has 2 N–H and O–H groups in total. The van der Waals surface area contributed by atoms with Crippen molar-refractivity contribution in [3.63, 3.8) is 0 Å². The van der Waals surface area contributed by atoms with E-state index in [9.17, 15) is 26.4 Å². The molecule has 0 saturated carbocycles. The van der Waals surface area contributed by atoms with Crippen LogP contribution in [0.5, 0.6) is 5.75 Å². The average Bonchev–Trinajstić information content (AvgIpc) is 3.15. The number of halogens is 3. The van der Waals surface area contributed by atoms with Gasteiger partial charge >= 0.3 is 6.18 Å². The van der Waals surface area contributed by atoms with E-state index in [-0.39, 0.29) is 11.5 Å². The van der Waals surface area contributed by atoms with Crippen LogP contribution in [0, 0.1) is 6.92 Å². The van der Waals surface area contributed by atoms with Gasteiger partial charge in [0.2, 0.25) is 10.0 Å². The molecule has 0 saturated heterocycles. The van der Waals surface area contributed by atoms with Gasteiger partial charge in [0.15, 0.2) is 11.3 Å². The van der Waals surface area contributed by atoms with E-state index < -0.39 is 40.4 Å². The van der Waals surface area contributed by atoms with Crippen molar-refractivity contribution < 1.29 is 26.3 Å². The first-order valence-electron chi connectivity index (χ1n) is 12.8. The Balaban J connectivity index is 1.98. The molecule has 1 aromatic carbocycles. The number of unbranched alkanes of at least 4 members (excludes halogenated alkanes) is 3. The predicted molar refractivity (Wildman–Crippen MR) is 140 cm³/mol. The molecule has 0 aliphatic rings. The number of benzene rings is 1. The van der Waals surface area contributed by atoms with Crippen molar-refractivity contribution in [2.45, 2.75) is 78.3 Å². The number of anilines is 1. The Morgan fingerprint density at radius 2 is 1.87 bits per heavy atom. The van der Waals surface area contributed by atoms with Crippen LogP contribution in [-0.4, -0.2) is 46.5 Å². The first kappa shape index (κ1) is 29.5. The van der Waals surface area contributed by atoms with Gasteiger partial charge in [-0.3, -0.25) is 9.52 Å². The summed E-state index contributed by atoms with van der Waals surface area (Å²) in [4.78, 5) is 20.3. The van der Waals surface area contributed by atoms with Crippen LogP contribution in [-0.2, 0) is 16.4 Å². The summed E-state index contributed by atoms with van der Waals surface area (Å²) in [5.41, 5.74) is 0.922. The fourth-order valence-electron chi connectivity index (χ4n) is 4.04. The highest BCUT2D eigenvalue weighted by Crippen LogP contribution is 2.31. The minimum atomic E-state index is -4.43. The van der Waals surface area contributed by atoms with Crippen molar-refractivity contribution in [1.82, 2.24) is 19.6 Å². The highest BCUT2D eigenvalue weighted by molar-refractivity contribution is 7.92. The molecular weight excluding hydrogens is 523 g/mol. The molecule has 38 heavy (non-hydrogen) atoms. The molecule has 0 unspecified atom stereocenters. The highest BCUT2D eigenvalue weighted by atomic mass is 32.2. The fraction of sp³-hybridized carbons (Fsp3) is 0.560. The van der Waals surface area contributed by atoms with Gasteiger partial charge in [-0.25, -0.2) is 17.9 Å². The summed E-state index contributed by atoms with van der Waals surface area (Å²) in [7, 11) is -4.05. The van der Waals surface area contributed by atoms with Crippen molar-refractivity contribution in [2.24, 2.45) is 0 Å². The maximum absolute atomic E-state index is 13.0. The lowest BCUT2D eigenvalue weighted by Gasteiger charge is -2.14. The smallest absolute Gasteiger partial charge is 0.389 e. The molecule has 0 spiro atoms. The Morgan fingerprint density at radius 3 is 2.55 bits per heavy atom. The first-order valence-corrected chi connectivity index (χ1v) is 14.4. The summed E-state index contributed by atoms with van der Waals surface area (Å²) in [6.45, 7) is 6.16. The number of ether oxygens (including phenoxy) is 1. The Morgan fingerprint density at radius 1 is 1.11 bits per heavy atom. The molecule has 13 heteroatoms. The molecule has 3 rings (SSSR count). The van der Waals surface area contributed by atoms with E-state index in [1.54, 1.807) is 6.92 Å². The fourth-order valence-corrected chi connectivity index (χ4v) is 5.15. The summed E-state index contributed by atoms with van der Waals surface area (Å²) in [6, 6.07) is 4.43. The van der Waals surface area contributed by atoms with Crippen LogP contribution in [0.3, 0.4) is 0 Å². The quantitative estimate of drug-likeness (QED) is 0.257. The molecule has 0 aliphatic heterocycles. The van der Waals surface area contributed by atoms with E-state index >= 15 is 0 Å². The van der Waals surface area contributed by atoms with Crippen molar-refractivity contribution >= 4 is 21.2 Å². The summed E-state index contributed by atoms with van der Waals surface area (Å²) >= 11 is 0. The second kappa shape index (κ2) is 12.6. The molecule has 2 aromatic heterocycles.